The molecule has 0 fully saturated rings. The van der Waals surface area contributed by atoms with Crippen molar-refractivity contribution in [3.63, 3.8) is 0 Å². The first-order valence-electron chi connectivity index (χ1n) is 3.32. The highest BCUT2D eigenvalue weighted by Gasteiger charge is 2.27. The zero-order valence-electron chi connectivity index (χ0n) is 6.49. The molecule has 0 bridgehead atoms. The second-order valence-corrected chi connectivity index (χ2v) is 2.27. The molecule has 0 aliphatic rings. The number of alkyl halides is 4. The Labute approximate surface area is 74.8 Å². The summed E-state index contributed by atoms with van der Waals surface area (Å²) in [5, 5.41) is 11.2. The van der Waals surface area contributed by atoms with Crippen molar-refractivity contribution in [2.45, 2.75) is 13.0 Å². The zero-order chi connectivity index (χ0) is 10.9. The lowest BCUT2D eigenvalue weighted by molar-refractivity contribution is 0.0361. The Bertz CT molecular complexity index is 350. The van der Waals surface area contributed by atoms with Gasteiger partial charge in [0.05, 0.1) is 6.20 Å². The van der Waals surface area contributed by atoms with Gasteiger partial charge in [-0.3, -0.25) is 0 Å². The molecule has 0 aliphatic heterocycles. The monoisotopic (exact) mass is 212 g/mol. The number of carboxylic acid groups (broad SMARTS) is 1. The SMILES string of the molecule is O=C(O)c1cnn(C(F)F)c1C(F)F. The van der Waals surface area contributed by atoms with Crippen LogP contribution in [0.5, 0.6) is 0 Å². The molecular formula is C6H4F4N2O2. The van der Waals surface area contributed by atoms with E-state index < -0.39 is 30.2 Å². The number of rotatable bonds is 3. The standard InChI is InChI=1S/C6H4F4N2O2/c7-4(8)3-2(5(13)14)1-11-12(3)6(9)10/h1,4,6H,(H,13,14). The number of aromatic nitrogens is 2. The fraction of sp³-hybridized carbons (Fsp3) is 0.333. The molecule has 0 radical (unpaired) electrons. The second kappa shape index (κ2) is 3.64. The van der Waals surface area contributed by atoms with E-state index in [0.29, 0.717) is 6.20 Å². The van der Waals surface area contributed by atoms with Gasteiger partial charge in [-0.05, 0) is 0 Å². The van der Waals surface area contributed by atoms with Crippen LogP contribution in [0.25, 0.3) is 0 Å². The molecule has 1 N–H and O–H groups in total. The van der Waals surface area contributed by atoms with Gasteiger partial charge in [-0.1, -0.05) is 0 Å². The molecule has 8 heteroatoms. The molecule has 14 heavy (non-hydrogen) atoms. The summed E-state index contributed by atoms with van der Waals surface area (Å²) in [7, 11) is 0. The van der Waals surface area contributed by atoms with Crippen LogP contribution in [-0.2, 0) is 0 Å². The molecule has 1 rings (SSSR count). The van der Waals surface area contributed by atoms with E-state index >= 15 is 0 Å². The molecule has 0 amide bonds. The highest BCUT2D eigenvalue weighted by Crippen LogP contribution is 2.26. The number of aromatic carboxylic acids is 1. The highest BCUT2D eigenvalue weighted by molar-refractivity contribution is 5.88. The number of hydrogen-bond donors (Lipinski definition) is 1. The molecule has 1 heterocycles. The Balaban J connectivity index is 3.27. The normalized spacial score (nSPS) is 11.3. The Kier molecular flexibility index (Phi) is 2.73. The van der Waals surface area contributed by atoms with Gasteiger partial charge in [-0.25, -0.2) is 18.3 Å². The summed E-state index contributed by atoms with van der Waals surface area (Å²) in [4.78, 5) is 10.3. The van der Waals surface area contributed by atoms with E-state index in [1.165, 1.54) is 0 Å². The third-order valence-corrected chi connectivity index (χ3v) is 1.46. The maximum atomic E-state index is 12.2. The van der Waals surface area contributed by atoms with E-state index in [9.17, 15) is 22.4 Å². The largest absolute Gasteiger partial charge is 0.478 e. The maximum Gasteiger partial charge on any atom is 0.339 e. The molecule has 0 spiro atoms. The highest BCUT2D eigenvalue weighted by atomic mass is 19.3. The van der Waals surface area contributed by atoms with Crippen molar-refractivity contribution in [2.24, 2.45) is 0 Å². The fourth-order valence-corrected chi connectivity index (χ4v) is 0.910. The third-order valence-electron chi connectivity index (χ3n) is 1.46. The summed E-state index contributed by atoms with van der Waals surface area (Å²) >= 11 is 0. The quantitative estimate of drug-likeness (QED) is 0.778. The predicted molar refractivity (Wildman–Crippen MR) is 35.4 cm³/mol. The zero-order valence-corrected chi connectivity index (χ0v) is 6.49. The minimum Gasteiger partial charge on any atom is -0.478 e. The molecule has 1 aromatic heterocycles. The maximum absolute atomic E-state index is 12.2. The number of carbonyl (C=O) groups is 1. The van der Waals surface area contributed by atoms with Crippen LogP contribution >= 0.6 is 0 Å². The predicted octanol–water partition coefficient (Wildman–Crippen LogP) is 1.91. The van der Waals surface area contributed by atoms with Crippen LogP contribution < -0.4 is 0 Å². The Morgan fingerprint density at radius 3 is 2.36 bits per heavy atom. The summed E-state index contributed by atoms with van der Waals surface area (Å²) in [5.74, 6) is -1.72. The van der Waals surface area contributed by atoms with Crippen molar-refractivity contribution in [1.29, 1.82) is 0 Å². The van der Waals surface area contributed by atoms with E-state index in [1.54, 1.807) is 0 Å². The minimum absolute atomic E-state index is 0.311. The lowest BCUT2D eigenvalue weighted by Gasteiger charge is -2.05. The van der Waals surface area contributed by atoms with Gasteiger partial charge in [0, 0.05) is 0 Å². The van der Waals surface area contributed by atoms with Crippen molar-refractivity contribution in [2.75, 3.05) is 0 Å². The van der Waals surface area contributed by atoms with E-state index in [-0.39, 0.29) is 4.68 Å². The molecule has 0 aliphatic carbocycles. The van der Waals surface area contributed by atoms with E-state index in [0.717, 1.165) is 0 Å². The summed E-state index contributed by atoms with van der Waals surface area (Å²) in [6, 6.07) is 0. The molecule has 0 atom stereocenters. The van der Waals surface area contributed by atoms with Crippen molar-refractivity contribution in [3.05, 3.63) is 17.5 Å². The molecule has 0 saturated heterocycles. The average Bonchev–Trinajstić information content (AvgIpc) is 2.46. The van der Waals surface area contributed by atoms with Gasteiger partial charge >= 0.3 is 12.5 Å². The van der Waals surface area contributed by atoms with Gasteiger partial charge in [0.2, 0.25) is 0 Å². The smallest absolute Gasteiger partial charge is 0.339 e. The van der Waals surface area contributed by atoms with Gasteiger partial charge in [-0.15, -0.1) is 0 Å². The van der Waals surface area contributed by atoms with Gasteiger partial charge in [0.25, 0.3) is 6.43 Å². The van der Waals surface area contributed by atoms with Gasteiger partial charge in [-0.2, -0.15) is 13.9 Å². The number of nitrogens with zero attached hydrogens (tertiary/aromatic N) is 2. The first-order valence-corrected chi connectivity index (χ1v) is 3.32. The van der Waals surface area contributed by atoms with E-state index in [1.807, 2.05) is 0 Å². The average molecular weight is 212 g/mol. The van der Waals surface area contributed by atoms with Crippen molar-refractivity contribution < 1.29 is 27.5 Å². The summed E-state index contributed by atoms with van der Waals surface area (Å²) in [6.07, 6.45) is -2.84. The van der Waals surface area contributed by atoms with Crippen molar-refractivity contribution in [1.82, 2.24) is 9.78 Å². The van der Waals surface area contributed by atoms with Crippen LogP contribution in [-0.4, -0.2) is 20.9 Å². The summed E-state index contributed by atoms with van der Waals surface area (Å²) in [5.41, 5.74) is -2.20. The van der Waals surface area contributed by atoms with Crippen LogP contribution in [0.4, 0.5) is 17.6 Å². The third kappa shape index (κ3) is 1.68. The number of hydrogen-bond acceptors (Lipinski definition) is 2. The van der Waals surface area contributed by atoms with Crippen LogP contribution in [0.1, 0.15) is 29.0 Å². The van der Waals surface area contributed by atoms with Gasteiger partial charge < -0.3 is 5.11 Å². The summed E-state index contributed by atoms with van der Waals surface area (Å²) < 4.78 is 48.1. The second-order valence-electron chi connectivity index (χ2n) is 2.27. The first-order chi connectivity index (χ1) is 6.45. The molecule has 1 aromatic rings. The van der Waals surface area contributed by atoms with E-state index in [4.69, 9.17) is 5.11 Å². The van der Waals surface area contributed by atoms with Crippen LogP contribution in [0, 0.1) is 0 Å². The van der Waals surface area contributed by atoms with Gasteiger partial charge in [0.1, 0.15) is 11.3 Å². The first kappa shape index (κ1) is 10.5. The molecule has 4 nitrogen and oxygen atoms in total. The lowest BCUT2D eigenvalue weighted by atomic mass is 10.2. The minimum atomic E-state index is -3.31. The Morgan fingerprint density at radius 1 is 1.43 bits per heavy atom. The Morgan fingerprint density at radius 2 is 2.00 bits per heavy atom. The fourth-order valence-electron chi connectivity index (χ4n) is 0.910. The Hall–Kier alpha value is -1.60. The van der Waals surface area contributed by atoms with Crippen molar-refractivity contribution >= 4 is 5.97 Å². The number of halogens is 4. The molecule has 0 unspecified atom stereocenters. The van der Waals surface area contributed by atoms with Crippen LogP contribution in [0.3, 0.4) is 0 Å². The van der Waals surface area contributed by atoms with Crippen LogP contribution in [0.2, 0.25) is 0 Å². The van der Waals surface area contributed by atoms with Gasteiger partial charge in [0.15, 0.2) is 0 Å². The van der Waals surface area contributed by atoms with Crippen LogP contribution in [0.15, 0.2) is 6.20 Å². The molecular weight excluding hydrogens is 208 g/mol. The summed E-state index contributed by atoms with van der Waals surface area (Å²) in [6.45, 7) is -3.29. The molecule has 0 aromatic carbocycles. The lowest BCUT2D eigenvalue weighted by Crippen LogP contribution is -2.09. The number of carboxylic acids is 1. The molecule has 78 valence electrons. The molecule has 0 saturated carbocycles. The van der Waals surface area contributed by atoms with Crippen molar-refractivity contribution in [3.8, 4) is 0 Å². The topological polar surface area (TPSA) is 55.1 Å². The van der Waals surface area contributed by atoms with E-state index in [2.05, 4.69) is 5.10 Å².